The van der Waals surface area contributed by atoms with Crippen LogP contribution in [0.5, 0.6) is 0 Å². The summed E-state index contributed by atoms with van der Waals surface area (Å²) in [6, 6.07) is 0. The third-order valence-electron chi connectivity index (χ3n) is 3.77. The summed E-state index contributed by atoms with van der Waals surface area (Å²) in [5.41, 5.74) is 0. The zero-order chi connectivity index (χ0) is 15.1. The molecule has 1 rings (SSSR count). The van der Waals surface area contributed by atoms with Crippen molar-refractivity contribution in [2.75, 3.05) is 13.2 Å². The minimum Gasteiger partial charge on any atom is -0.481 e. The first-order chi connectivity index (χ1) is 9.41. The normalized spacial score (nSPS) is 25.9. The van der Waals surface area contributed by atoms with Crippen molar-refractivity contribution in [3.05, 3.63) is 0 Å². The summed E-state index contributed by atoms with van der Waals surface area (Å²) < 4.78 is 5.42. The van der Waals surface area contributed by atoms with Gasteiger partial charge in [0, 0.05) is 13.2 Å². The molecule has 0 aliphatic heterocycles. The number of carbonyl (C=O) groups is 2. The molecule has 0 heterocycles. The average Bonchev–Trinajstić information content (AvgIpc) is 2.75. The van der Waals surface area contributed by atoms with Crippen LogP contribution in [0.1, 0.15) is 46.5 Å². The maximum Gasteiger partial charge on any atom is 0.307 e. The Morgan fingerprint density at radius 2 is 1.90 bits per heavy atom. The first-order valence-corrected chi connectivity index (χ1v) is 7.54. The molecular formula is C15H27NO4. The Labute approximate surface area is 121 Å². The monoisotopic (exact) mass is 285 g/mol. The van der Waals surface area contributed by atoms with E-state index in [1.807, 2.05) is 20.8 Å². The predicted molar refractivity (Wildman–Crippen MR) is 76.3 cm³/mol. The molecule has 0 bridgehead atoms. The van der Waals surface area contributed by atoms with Gasteiger partial charge in [0.25, 0.3) is 0 Å². The maximum absolute atomic E-state index is 12.0. The molecule has 0 saturated heterocycles. The van der Waals surface area contributed by atoms with Crippen LogP contribution in [-0.4, -0.2) is 36.2 Å². The molecule has 2 N–H and O–H groups in total. The third kappa shape index (κ3) is 5.49. The first kappa shape index (κ1) is 17.0. The number of ether oxygens (including phenoxy) is 1. The minimum atomic E-state index is -0.847. The van der Waals surface area contributed by atoms with E-state index in [1.54, 1.807) is 0 Å². The van der Waals surface area contributed by atoms with Crippen LogP contribution < -0.4 is 5.32 Å². The van der Waals surface area contributed by atoms with Crippen molar-refractivity contribution in [2.24, 2.45) is 17.8 Å². The van der Waals surface area contributed by atoms with Gasteiger partial charge in [-0.05, 0) is 45.4 Å². The molecule has 1 amide bonds. The molecule has 3 atom stereocenters. The number of hydrogen-bond donors (Lipinski definition) is 2. The Kier molecular flexibility index (Phi) is 6.99. The maximum atomic E-state index is 12.0. The molecule has 0 spiro atoms. The van der Waals surface area contributed by atoms with Crippen molar-refractivity contribution in [3.8, 4) is 0 Å². The highest BCUT2D eigenvalue weighted by molar-refractivity contribution is 5.85. The van der Waals surface area contributed by atoms with Crippen molar-refractivity contribution in [1.29, 1.82) is 0 Å². The summed E-state index contributed by atoms with van der Waals surface area (Å²) in [6.07, 6.45) is 3.29. The van der Waals surface area contributed by atoms with E-state index in [9.17, 15) is 9.59 Å². The number of unbranched alkanes of at least 4 members (excludes halogenated alkanes) is 1. The van der Waals surface area contributed by atoms with E-state index >= 15 is 0 Å². The fourth-order valence-corrected chi connectivity index (χ4v) is 2.74. The molecule has 1 saturated carbocycles. The van der Waals surface area contributed by atoms with Crippen molar-refractivity contribution in [1.82, 2.24) is 5.32 Å². The van der Waals surface area contributed by atoms with Gasteiger partial charge in [-0.15, -0.1) is 0 Å². The average molecular weight is 285 g/mol. The van der Waals surface area contributed by atoms with Crippen molar-refractivity contribution < 1.29 is 19.4 Å². The van der Waals surface area contributed by atoms with Crippen LogP contribution in [0.25, 0.3) is 0 Å². The van der Waals surface area contributed by atoms with Crippen LogP contribution in [0.15, 0.2) is 0 Å². The Morgan fingerprint density at radius 1 is 1.25 bits per heavy atom. The summed E-state index contributed by atoms with van der Waals surface area (Å²) in [5.74, 6) is -1.53. The number of carboxylic acid groups (broad SMARTS) is 1. The fourth-order valence-electron chi connectivity index (χ4n) is 2.74. The Morgan fingerprint density at radius 3 is 2.50 bits per heavy atom. The van der Waals surface area contributed by atoms with Crippen LogP contribution in [0.3, 0.4) is 0 Å². The van der Waals surface area contributed by atoms with Gasteiger partial charge in [0.05, 0.1) is 17.9 Å². The van der Waals surface area contributed by atoms with Gasteiger partial charge in [-0.1, -0.05) is 6.92 Å². The lowest BCUT2D eigenvalue weighted by Crippen LogP contribution is -2.35. The van der Waals surface area contributed by atoms with E-state index in [2.05, 4.69) is 5.32 Å². The lowest BCUT2D eigenvalue weighted by molar-refractivity contribution is -0.146. The molecule has 1 aliphatic rings. The lowest BCUT2D eigenvalue weighted by Gasteiger charge is -2.15. The van der Waals surface area contributed by atoms with Gasteiger partial charge in [0.1, 0.15) is 0 Å². The molecule has 0 radical (unpaired) electrons. The Balaban J connectivity index is 2.23. The summed E-state index contributed by atoms with van der Waals surface area (Å²) in [5, 5.41) is 12.0. The Hall–Kier alpha value is -1.10. The molecule has 1 aliphatic carbocycles. The van der Waals surface area contributed by atoms with E-state index in [1.165, 1.54) is 0 Å². The van der Waals surface area contributed by atoms with Crippen LogP contribution in [0.2, 0.25) is 0 Å². The van der Waals surface area contributed by atoms with E-state index < -0.39 is 11.9 Å². The molecular weight excluding hydrogens is 258 g/mol. The SMILES string of the molecule is CC1CC(C(=O)O)C(C(=O)NCCCCOC(C)C)C1. The number of aliphatic carboxylic acids is 1. The highest BCUT2D eigenvalue weighted by Gasteiger charge is 2.40. The van der Waals surface area contributed by atoms with Crippen LogP contribution in [-0.2, 0) is 14.3 Å². The molecule has 0 aromatic rings. The number of carboxylic acids is 1. The quantitative estimate of drug-likeness (QED) is 0.669. The standard InChI is InChI=1S/C15H27NO4/c1-10(2)20-7-5-4-6-16-14(17)12-8-11(3)9-13(12)15(18)19/h10-13H,4-9H2,1-3H3,(H,16,17)(H,18,19). The van der Waals surface area contributed by atoms with E-state index in [0.29, 0.717) is 31.9 Å². The minimum absolute atomic E-state index is 0.105. The van der Waals surface area contributed by atoms with Crippen LogP contribution >= 0.6 is 0 Å². The summed E-state index contributed by atoms with van der Waals surface area (Å²) >= 11 is 0. The predicted octanol–water partition coefficient (Wildman–Crippen LogP) is 2.05. The first-order valence-electron chi connectivity index (χ1n) is 7.54. The van der Waals surface area contributed by atoms with Crippen molar-refractivity contribution in [2.45, 2.75) is 52.6 Å². The van der Waals surface area contributed by atoms with Gasteiger partial charge < -0.3 is 15.2 Å². The van der Waals surface area contributed by atoms with Gasteiger partial charge in [-0.3, -0.25) is 9.59 Å². The highest BCUT2D eigenvalue weighted by Crippen LogP contribution is 2.36. The molecule has 116 valence electrons. The summed E-state index contributed by atoms with van der Waals surface area (Å²) in [4.78, 5) is 23.2. The topological polar surface area (TPSA) is 75.6 Å². The second-order valence-corrected chi connectivity index (χ2v) is 6.05. The third-order valence-corrected chi connectivity index (χ3v) is 3.77. The van der Waals surface area contributed by atoms with Gasteiger partial charge in [0.15, 0.2) is 0 Å². The van der Waals surface area contributed by atoms with Gasteiger partial charge in [-0.2, -0.15) is 0 Å². The van der Waals surface area contributed by atoms with E-state index in [0.717, 1.165) is 12.8 Å². The lowest BCUT2D eigenvalue weighted by atomic mass is 9.95. The second-order valence-electron chi connectivity index (χ2n) is 6.05. The van der Waals surface area contributed by atoms with E-state index in [4.69, 9.17) is 9.84 Å². The van der Waals surface area contributed by atoms with Gasteiger partial charge in [0.2, 0.25) is 5.91 Å². The number of carbonyl (C=O) groups excluding carboxylic acids is 1. The second kappa shape index (κ2) is 8.25. The van der Waals surface area contributed by atoms with Gasteiger partial charge >= 0.3 is 5.97 Å². The van der Waals surface area contributed by atoms with Crippen molar-refractivity contribution in [3.63, 3.8) is 0 Å². The van der Waals surface area contributed by atoms with Gasteiger partial charge in [-0.25, -0.2) is 0 Å². The molecule has 3 unspecified atom stereocenters. The summed E-state index contributed by atoms with van der Waals surface area (Å²) in [6.45, 7) is 7.29. The van der Waals surface area contributed by atoms with E-state index in [-0.39, 0.29) is 17.9 Å². The zero-order valence-electron chi connectivity index (χ0n) is 12.7. The van der Waals surface area contributed by atoms with Crippen molar-refractivity contribution >= 4 is 11.9 Å². The number of rotatable bonds is 8. The molecule has 0 aromatic carbocycles. The highest BCUT2D eigenvalue weighted by atomic mass is 16.5. The Bertz CT molecular complexity index is 330. The summed E-state index contributed by atoms with van der Waals surface area (Å²) in [7, 11) is 0. The zero-order valence-corrected chi connectivity index (χ0v) is 12.7. The number of amides is 1. The number of nitrogens with one attached hydrogen (secondary N) is 1. The molecule has 20 heavy (non-hydrogen) atoms. The number of hydrogen-bond acceptors (Lipinski definition) is 3. The molecule has 5 heteroatoms. The van der Waals surface area contributed by atoms with Crippen LogP contribution in [0, 0.1) is 17.8 Å². The van der Waals surface area contributed by atoms with Crippen LogP contribution in [0.4, 0.5) is 0 Å². The molecule has 5 nitrogen and oxygen atoms in total. The molecule has 1 fully saturated rings. The smallest absolute Gasteiger partial charge is 0.307 e. The fraction of sp³-hybridized carbons (Fsp3) is 0.867. The molecule has 0 aromatic heterocycles. The largest absolute Gasteiger partial charge is 0.481 e.